The number of hydrogen-bond acceptors (Lipinski definition) is 6. The smallest absolute Gasteiger partial charge is 0.269 e. The number of rotatable bonds is 7. The number of hydrogen-bond donors (Lipinski definition) is 0. The zero-order chi connectivity index (χ0) is 20.1. The quantitative estimate of drug-likeness (QED) is 0.439. The molecular formula is C19H16FN3O4S. The van der Waals surface area contributed by atoms with Gasteiger partial charge in [-0.15, -0.1) is 11.3 Å². The van der Waals surface area contributed by atoms with Gasteiger partial charge in [0.1, 0.15) is 5.82 Å². The van der Waals surface area contributed by atoms with Crippen molar-refractivity contribution in [1.82, 2.24) is 4.98 Å². The number of carbonyl (C=O) groups is 1. The van der Waals surface area contributed by atoms with Crippen LogP contribution in [0.3, 0.4) is 0 Å². The van der Waals surface area contributed by atoms with E-state index in [0.717, 1.165) is 0 Å². The third kappa shape index (κ3) is 4.21. The molecule has 0 aliphatic heterocycles. The van der Waals surface area contributed by atoms with Gasteiger partial charge in [-0.25, -0.2) is 9.37 Å². The average Bonchev–Trinajstić information content (AvgIpc) is 3.18. The van der Waals surface area contributed by atoms with Crippen LogP contribution in [-0.4, -0.2) is 36.1 Å². The molecule has 1 aromatic heterocycles. The molecule has 1 heterocycles. The summed E-state index contributed by atoms with van der Waals surface area (Å²) >= 11 is 1.22. The number of nitro benzene ring substituents is 1. The van der Waals surface area contributed by atoms with Gasteiger partial charge in [0.05, 0.1) is 29.3 Å². The average molecular weight is 401 g/mol. The standard InChI is InChI=1S/C19H16FN3O4S/c1-27-11-10-22(18(24)15-4-2-3-5-16(15)20)19-21-17(12-28-19)13-6-8-14(9-7-13)23(25)26/h2-9,12H,10-11H2,1H3. The minimum atomic E-state index is -0.609. The normalized spacial score (nSPS) is 10.6. The van der Waals surface area contributed by atoms with Crippen LogP contribution in [0.2, 0.25) is 0 Å². The monoisotopic (exact) mass is 401 g/mol. The Hall–Kier alpha value is -3.17. The largest absolute Gasteiger partial charge is 0.383 e. The molecule has 9 heteroatoms. The molecule has 28 heavy (non-hydrogen) atoms. The molecule has 1 amide bonds. The maximum absolute atomic E-state index is 14.1. The van der Waals surface area contributed by atoms with Crippen molar-refractivity contribution in [3.63, 3.8) is 0 Å². The van der Waals surface area contributed by atoms with E-state index in [1.54, 1.807) is 23.6 Å². The summed E-state index contributed by atoms with van der Waals surface area (Å²) < 4.78 is 19.1. The van der Waals surface area contributed by atoms with E-state index in [9.17, 15) is 19.3 Å². The van der Waals surface area contributed by atoms with E-state index in [4.69, 9.17) is 4.74 Å². The van der Waals surface area contributed by atoms with Crippen molar-refractivity contribution >= 4 is 28.1 Å². The van der Waals surface area contributed by atoms with Crippen LogP contribution < -0.4 is 4.90 Å². The third-order valence-corrected chi connectivity index (χ3v) is 4.83. The Morgan fingerprint density at radius 2 is 1.96 bits per heavy atom. The lowest BCUT2D eigenvalue weighted by Crippen LogP contribution is -2.34. The molecule has 0 aliphatic carbocycles. The Morgan fingerprint density at radius 1 is 1.25 bits per heavy atom. The highest BCUT2D eigenvalue weighted by Gasteiger charge is 2.23. The van der Waals surface area contributed by atoms with Crippen molar-refractivity contribution in [3.8, 4) is 11.3 Å². The van der Waals surface area contributed by atoms with Crippen molar-refractivity contribution in [2.24, 2.45) is 0 Å². The van der Waals surface area contributed by atoms with E-state index >= 15 is 0 Å². The maximum Gasteiger partial charge on any atom is 0.269 e. The van der Waals surface area contributed by atoms with Crippen LogP contribution in [0.5, 0.6) is 0 Å². The molecule has 0 aliphatic rings. The molecule has 0 fully saturated rings. The van der Waals surface area contributed by atoms with E-state index in [-0.39, 0.29) is 24.4 Å². The highest BCUT2D eigenvalue weighted by Crippen LogP contribution is 2.29. The number of nitrogens with zero attached hydrogens (tertiary/aromatic N) is 3. The third-order valence-electron chi connectivity index (χ3n) is 3.97. The fraction of sp³-hybridized carbons (Fsp3) is 0.158. The fourth-order valence-corrected chi connectivity index (χ4v) is 3.38. The second-order valence-electron chi connectivity index (χ2n) is 5.75. The molecule has 3 aromatic rings. The number of amides is 1. The molecule has 0 unspecified atom stereocenters. The Morgan fingerprint density at radius 3 is 2.61 bits per heavy atom. The van der Waals surface area contributed by atoms with Gasteiger partial charge in [0.25, 0.3) is 11.6 Å². The van der Waals surface area contributed by atoms with E-state index in [1.165, 1.54) is 53.7 Å². The highest BCUT2D eigenvalue weighted by molar-refractivity contribution is 7.14. The number of benzene rings is 2. The number of non-ortho nitro benzene ring substituents is 1. The summed E-state index contributed by atoms with van der Waals surface area (Å²) in [5.41, 5.74) is 1.18. The summed E-state index contributed by atoms with van der Waals surface area (Å²) in [5.74, 6) is -1.12. The van der Waals surface area contributed by atoms with Gasteiger partial charge in [-0.3, -0.25) is 19.8 Å². The molecule has 2 aromatic carbocycles. The summed E-state index contributed by atoms with van der Waals surface area (Å²) in [4.78, 5) is 29.0. The predicted molar refractivity (Wildman–Crippen MR) is 104 cm³/mol. The Balaban J connectivity index is 1.90. The van der Waals surface area contributed by atoms with Gasteiger partial charge < -0.3 is 4.74 Å². The van der Waals surface area contributed by atoms with Gasteiger partial charge in [0, 0.05) is 30.2 Å². The van der Waals surface area contributed by atoms with Crippen molar-refractivity contribution in [3.05, 3.63) is 75.4 Å². The van der Waals surface area contributed by atoms with Gasteiger partial charge in [0.2, 0.25) is 0 Å². The number of halogens is 1. The summed E-state index contributed by atoms with van der Waals surface area (Å²) in [6.07, 6.45) is 0. The second-order valence-corrected chi connectivity index (χ2v) is 6.59. The van der Waals surface area contributed by atoms with Gasteiger partial charge in [-0.1, -0.05) is 12.1 Å². The van der Waals surface area contributed by atoms with Crippen LogP contribution >= 0.6 is 11.3 Å². The first-order chi connectivity index (χ1) is 13.5. The molecule has 0 radical (unpaired) electrons. The number of carbonyl (C=O) groups excluding carboxylic acids is 1. The highest BCUT2D eigenvalue weighted by atomic mass is 32.1. The lowest BCUT2D eigenvalue weighted by atomic mass is 10.1. The molecule has 0 atom stereocenters. The first kappa shape index (κ1) is 19.6. The number of nitro groups is 1. The van der Waals surface area contributed by atoms with E-state index < -0.39 is 16.6 Å². The zero-order valence-electron chi connectivity index (χ0n) is 14.9. The van der Waals surface area contributed by atoms with Crippen LogP contribution in [0.15, 0.2) is 53.9 Å². The van der Waals surface area contributed by atoms with Crippen LogP contribution in [0.4, 0.5) is 15.2 Å². The van der Waals surface area contributed by atoms with Crippen LogP contribution in [-0.2, 0) is 4.74 Å². The van der Waals surface area contributed by atoms with Crippen LogP contribution in [0.1, 0.15) is 10.4 Å². The van der Waals surface area contributed by atoms with Gasteiger partial charge in [-0.2, -0.15) is 0 Å². The first-order valence-electron chi connectivity index (χ1n) is 8.27. The maximum atomic E-state index is 14.1. The van der Waals surface area contributed by atoms with E-state index in [1.807, 2.05) is 0 Å². The molecule has 0 N–H and O–H groups in total. The number of methoxy groups -OCH3 is 1. The van der Waals surface area contributed by atoms with Gasteiger partial charge in [0.15, 0.2) is 5.13 Å². The SMILES string of the molecule is COCCN(C(=O)c1ccccc1F)c1nc(-c2ccc([N+](=O)[O-])cc2)cs1. The molecule has 0 saturated heterocycles. The number of thiazole rings is 1. The molecule has 144 valence electrons. The Labute approximate surface area is 164 Å². The lowest BCUT2D eigenvalue weighted by molar-refractivity contribution is -0.384. The summed E-state index contributed by atoms with van der Waals surface area (Å²) in [6.45, 7) is 0.462. The molecule has 0 spiro atoms. The van der Waals surface area contributed by atoms with E-state index in [0.29, 0.717) is 16.4 Å². The molecule has 0 bridgehead atoms. The zero-order valence-corrected chi connectivity index (χ0v) is 15.7. The number of anilines is 1. The Kier molecular flexibility index (Phi) is 6.07. The van der Waals surface area contributed by atoms with Crippen molar-refractivity contribution in [1.29, 1.82) is 0 Å². The fourth-order valence-electron chi connectivity index (χ4n) is 2.52. The predicted octanol–water partition coefficient (Wildman–Crippen LogP) is 4.15. The molecule has 7 nitrogen and oxygen atoms in total. The minimum absolute atomic E-state index is 0.0179. The first-order valence-corrected chi connectivity index (χ1v) is 9.15. The van der Waals surface area contributed by atoms with Crippen molar-refractivity contribution in [2.45, 2.75) is 0 Å². The van der Waals surface area contributed by atoms with Crippen molar-refractivity contribution < 1.29 is 18.8 Å². The van der Waals surface area contributed by atoms with Gasteiger partial charge >= 0.3 is 0 Å². The minimum Gasteiger partial charge on any atom is -0.383 e. The number of aromatic nitrogens is 1. The number of ether oxygens (including phenoxy) is 1. The van der Waals surface area contributed by atoms with Crippen LogP contribution in [0.25, 0.3) is 11.3 Å². The summed E-state index contributed by atoms with van der Waals surface area (Å²) in [6, 6.07) is 11.7. The van der Waals surface area contributed by atoms with Gasteiger partial charge in [-0.05, 0) is 24.3 Å². The molecular weight excluding hydrogens is 385 g/mol. The lowest BCUT2D eigenvalue weighted by Gasteiger charge is -2.19. The van der Waals surface area contributed by atoms with Crippen molar-refractivity contribution in [2.75, 3.05) is 25.2 Å². The molecule has 0 saturated carbocycles. The van der Waals surface area contributed by atoms with Crippen LogP contribution in [0, 0.1) is 15.9 Å². The summed E-state index contributed by atoms with van der Waals surface area (Å²) in [7, 11) is 1.51. The topological polar surface area (TPSA) is 85.6 Å². The second kappa shape index (κ2) is 8.68. The Bertz CT molecular complexity index is 991. The van der Waals surface area contributed by atoms with E-state index in [2.05, 4.69) is 4.98 Å². The summed E-state index contributed by atoms with van der Waals surface area (Å²) in [5, 5.41) is 12.9. The molecule has 3 rings (SSSR count).